The van der Waals surface area contributed by atoms with Gasteiger partial charge in [0.25, 0.3) is 0 Å². The van der Waals surface area contributed by atoms with Crippen molar-refractivity contribution in [2.45, 2.75) is 5.41 Å². The summed E-state index contributed by atoms with van der Waals surface area (Å²) in [6, 6.07) is 97.5. The van der Waals surface area contributed by atoms with E-state index in [1.54, 1.807) is 0 Å². The second-order valence-corrected chi connectivity index (χ2v) is 24.0. The average molecular weight is 838 g/mol. The summed E-state index contributed by atoms with van der Waals surface area (Å²) in [5.74, 6) is 1.87. The van der Waals surface area contributed by atoms with Gasteiger partial charge < -0.3 is 9.30 Å². The third kappa shape index (κ3) is 5.17. The first-order valence-electron chi connectivity index (χ1n) is 21.9. The van der Waals surface area contributed by atoms with Crippen LogP contribution in [0, 0.1) is 0 Å². The highest BCUT2D eigenvalue weighted by Gasteiger charge is 2.63. The van der Waals surface area contributed by atoms with Crippen molar-refractivity contribution in [2.24, 2.45) is 0 Å². The molecule has 4 heteroatoms. The van der Waals surface area contributed by atoms with Crippen LogP contribution >= 0.6 is 0 Å². The molecule has 0 spiro atoms. The van der Waals surface area contributed by atoms with Crippen LogP contribution in [-0.4, -0.2) is 20.7 Å². The van der Waals surface area contributed by atoms with Crippen molar-refractivity contribution >= 4 is 57.9 Å². The fraction of sp³-hybridized carbons (Fsp3) is 0.0169. The monoisotopic (exact) mass is 837 g/mol. The predicted octanol–water partition coefficient (Wildman–Crippen LogP) is 8.03. The Morgan fingerprint density at radius 2 is 0.698 bits per heavy atom. The minimum Gasteiger partial charge on any atom is -0.456 e. The largest absolute Gasteiger partial charge is 0.456 e. The Bertz CT molecular complexity index is 3110. The number of rotatable bonds is 7. The normalized spacial score (nSPS) is 14.9. The van der Waals surface area contributed by atoms with E-state index in [1.807, 2.05) is 0 Å². The maximum absolute atomic E-state index is 7.89. The van der Waals surface area contributed by atoms with Gasteiger partial charge >= 0.3 is 0 Å². The molecule has 0 saturated carbocycles. The van der Waals surface area contributed by atoms with Crippen LogP contribution in [0.15, 0.2) is 261 Å². The molecule has 10 aromatic rings. The molecule has 298 valence electrons. The molecular weight excluding hydrogens is 795 g/mol. The number of hydrogen-bond donors (Lipinski definition) is 0. The lowest BCUT2D eigenvalue weighted by atomic mass is 9.65. The lowest BCUT2D eigenvalue weighted by Gasteiger charge is -2.49. The van der Waals surface area contributed by atoms with Gasteiger partial charge in [0.05, 0.1) is 10.7 Å². The van der Waals surface area contributed by atoms with Gasteiger partial charge in [-0.2, -0.15) is 0 Å². The van der Waals surface area contributed by atoms with E-state index in [-0.39, 0.29) is 0 Å². The van der Waals surface area contributed by atoms with E-state index in [9.17, 15) is 0 Å². The van der Waals surface area contributed by atoms with E-state index in [1.165, 1.54) is 64.0 Å². The lowest BCUT2D eigenvalue weighted by molar-refractivity contribution is 0.475. The van der Waals surface area contributed by atoms with E-state index in [0.29, 0.717) is 0 Å². The van der Waals surface area contributed by atoms with E-state index in [0.717, 1.165) is 17.2 Å². The van der Waals surface area contributed by atoms with Crippen molar-refractivity contribution in [2.75, 3.05) is 0 Å². The number of nitrogens with zero attached hydrogens (tertiary/aromatic N) is 1. The summed E-state index contributed by atoms with van der Waals surface area (Å²) in [6.07, 6.45) is 0. The van der Waals surface area contributed by atoms with E-state index < -0.39 is 21.6 Å². The Balaban J connectivity index is 1.44. The van der Waals surface area contributed by atoms with Gasteiger partial charge in [-0.05, 0) is 66.0 Å². The maximum atomic E-state index is 7.89. The highest BCUT2D eigenvalue weighted by Crippen LogP contribution is 2.52. The Morgan fingerprint density at radius 3 is 1.17 bits per heavy atom. The second kappa shape index (κ2) is 14.8. The third-order valence-corrected chi connectivity index (χ3v) is 23.3. The second-order valence-electron chi connectivity index (χ2n) is 16.7. The Hall–Kier alpha value is -7.51. The number of aromatic nitrogens is 1. The van der Waals surface area contributed by atoms with E-state index in [2.05, 4.69) is 265 Å². The van der Waals surface area contributed by atoms with Crippen LogP contribution in [-0.2, 0) is 5.41 Å². The minimum atomic E-state index is -3.34. The summed E-state index contributed by atoms with van der Waals surface area (Å²) in [4.78, 5) is 0. The van der Waals surface area contributed by atoms with Crippen LogP contribution in [0.25, 0.3) is 5.69 Å². The molecule has 0 aliphatic carbocycles. The first kappa shape index (κ1) is 37.3. The number of hydrogen-bond acceptors (Lipinski definition) is 1. The van der Waals surface area contributed by atoms with Gasteiger partial charge in [-0.15, -0.1) is 0 Å². The molecule has 0 amide bonds. The molecule has 0 unspecified atom stereocenters. The zero-order valence-corrected chi connectivity index (χ0v) is 36.7. The van der Waals surface area contributed by atoms with Crippen LogP contribution in [0.2, 0.25) is 0 Å². The smallest absolute Gasteiger partial charge is 0.208 e. The fourth-order valence-electron chi connectivity index (χ4n) is 11.4. The Labute approximate surface area is 371 Å². The standard InChI is InChI=1S/C59H43NOSi2/c1-8-26-44(27-9-1)59(45-28-10-2-11-29-45)51-40-22-24-42-53(51)62(47-32-14-4-15-33-47,48-34-16-5-17-35-48)57-55(59)56-58(60(57)46-30-12-3-13-31-46)63(49-36-18-6-19-37-49,50-38-20-7-21-39-50)54-43-25-23-41-52(54)61-56/h1-43H. The van der Waals surface area contributed by atoms with Crippen molar-refractivity contribution in [1.29, 1.82) is 0 Å². The van der Waals surface area contributed by atoms with Crippen molar-refractivity contribution < 1.29 is 4.74 Å². The van der Waals surface area contributed by atoms with Crippen molar-refractivity contribution in [3.63, 3.8) is 0 Å². The topological polar surface area (TPSA) is 14.2 Å². The van der Waals surface area contributed by atoms with Crippen LogP contribution in [0.4, 0.5) is 0 Å². The third-order valence-electron chi connectivity index (χ3n) is 13.7. The van der Waals surface area contributed by atoms with Crippen molar-refractivity contribution in [1.82, 2.24) is 4.57 Å². The first-order valence-corrected chi connectivity index (χ1v) is 25.9. The summed E-state index contributed by atoms with van der Waals surface area (Å²) >= 11 is 0. The molecule has 0 saturated heterocycles. The maximum Gasteiger partial charge on any atom is 0.208 e. The molecule has 2 nitrogen and oxygen atoms in total. The average Bonchev–Trinajstić information content (AvgIpc) is 3.72. The molecule has 0 radical (unpaired) electrons. The quantitative estimate of drug-likeness (QED) is 0.149. The number of fused-ring (bicyclic) bond motifs is 5. The Kier molecular flexibility index (Phi) is 8.78. The number of para-hydroxylation sites is 2. The molecule has 0 bridgehead atoms. The molecule has 9 aromatic carbocycles. The summed E-state index contributed by atoms with van der Waals surface area (Å²) in [5, 5.41) is 10.5. The highest BCUT2D eigenvalue weighted by molar-refractivity contribution is 7.22. The van der Waals surface area contributed by atoms with Gasteiger partial charge in [-0.1, -0.05) is 243 Å². The molecule has 63 heavy (non-hydrogen) atoms. The molecule has 12 rings (SSSR count). The summed E-state index contributed by atoms with van der Waals surface area (Å²) < 4.78 is 10.6. The molecule has 3 heterocycles. The van der Waals surface area contributed by atoms with Crippen molar-refractivity contribution in [3.05, 3.63) is 283 Å². The molecule has 0 N–H and O–H groups in total. The van der Waals surface area contributed by atoms with Crippen LogP contribution in [0.3, 0.4) is 0 Å². The van der Waals surface area contributed by atoms with Crippen LogP contribution in [0.1, 0.15) is 22.3 Å². The van der Waals surface area contributed by atoms with E-state index in [4.69, 9.17) is 4.74 Å². The molecule has 1 aromatic heterocycles. The summed E-state index contributed by atoms with van der Waals surface area (Å²) in [7, 11) is -6.63. The van der Waals surface area contributed by atoms with Crippen molar-refractivity contribution in [3.8, 4) is 17.2 Å². The molecule has 2 aliphatic rings. The van der Waals surface area contributed by atoms with Gasteiger partial charge in [0.15, 0.2) is 0 Å². The van der Waals surface area contributed by atoms with Crippen LogP contribution < -0.4 is 46.5 Å². The molecule has 2 aliphatic heterocycles. The van der Waals surface area contributed by atoms with Gasteiger partial charge in [0.1, 0.15) is 11.5 Å². The predicted molar refractivity (Wildman–Crippen MR) is 265 cm³/mol. The zero-order chi connectivity index (χ0) is 41.9. The number of benzene rings is 9. The zero-order valence-electron chi connectivity index (χ0n) is 34.7. The van der Waals surface area contributed by atoms with Gasteiger partial charge in [-0.3, -0.25) is 0 Å². The SMILES string of the molecule is c1ccc(-n2c3c(c4c2[Si](c2ccccc2)(c2ccccc2)c2ccccc2C4(c2ccccc2)c2ccccc2)Oc2ccccc2[Si]3(c2ccccc2)c2ccccc2)cc1. The van der Waals surface area contributed by atoms with E-state index >= 15 is 0 Å². The summed E-state index contributed by atoms with van der Waals surface area (Å²) in [6.45, 7) is 0. The fourth-order valence-corrected chi connectivity index (χ4v) is 22.0. The minimum absolute atomic E-state index is 0.793. The molecular formula is C59H43NOSi2. The highest BCUT2D eigenvalue weighted by atomic mass is 28.3. The van der Waals surface area contributed by atoms with Gasteiger partial charge in [0.2, 0.25) is 16.1 Å². The summed E-state index contributed by atoms with van der Waals surface area (Å²) in [5.41, 5.74) is 5.25. The molecule has 0 fully saturated rings. The molecule has 0 atom stereocenters. The van der Waals surface area contributed by atoms with Gasteiger partial charge in [-0.25, -0.2) is 0 Å². The lowest BCUT2D eigenvalue weighted by Crippen LogP contribution is -2.82. The van der Waals surface area contributed by atoms with Gasteiger partial charge in [0, 0.05) is 16.6 Å². The number of ether oxygens (including phenoxy) is 1. The Morgan fingerprint density at radius 1 is 0.333 bits per heavy atom. The van der Waals surface area contributed by atoms with Crippen LogP contribution in [0.5, 0.6) is 11.5 Å². The first-order chi connectivity index (χ1) is 31.3.